The van der Waals surface area contributed by atoms with Gasteiger partial charge in [-0.1, -0.05) is 6.92 Å². The standard InChI is InChI=1S/C16H25N3O3/c1-3-16(2,12-20)17-13-8-10-18(11-9-13)14-4-6-15(7-5-14)19(21)22/h4-7,13,17,20H,3,8-12H2,1-2H3. The van der Waals surface area contributed by atoms with Crippen molar-refractivity contribution in [2.75, 3.05) is 24.6 Å². The largest absolute Gasteiger partial charge is 0.394 e. The van der Waals surface area contributed by atoms with Crippen LogP contribution in [0.2, 0.25) is 0 Å². The number of nitro benzene ring substituents is 1. The maximum Gasteiger partial charge on any atom is 0.269 e. The molecule has 1 saturated heterocycles. The molecule has 1 aliphatic heterocycles. The van der Waals surface area contributed by atoms with E-state index in [1.165, 1.54) is 0 Å². The van der Waals surface area contributed by atoms with Gasteiger partial charge in [0.15, 0.2) is 0 Å². The van der Waals surface area contributed by atoms with Crippen LogP contribution in [0.15, 0.2) is 24.3 Å². The quantitative estimate of drug-likeness (QED) is 0.623. The van der Waals surface area contributed by atoms with Crippen molar-refractivity contribution < 1.29 is 10.0 Å². The second-order valence-electron chi connectivity index (χ2n) is 6.25. The van der Waals surface area contributed by atoms with E-state index in [9.17, 15) is 15.2 Å². The van der Waals surface area contributed by atoms with Gasteiger partial charge in [0, 0.05) is 42.5 Å². The molecule has 0 bridgehead atoms. The molecule has 1 heterocycles. The first-order valence-electron chi connectivity index (χ1n) is 7.85. The van der Waals surface area contributed by atoms with Crippen molar-refractivity contribution in [1.82, 2.24) is 5.32 Å². The molecule has 1 atom stereocenters. The second kappa shape index (κ2) is 7.07. The summed E-state index contributed by atoms with van der Waals surface area (Å²) in [5, 5.41) is 23.7. The zero-order chi connectivity index (χ0) is 16.2. The monoisotopic (exact) mass is 307 g/mol. The van der Waals surface area contributed by atoms with Gasteiger partial charge >= 0.3 is 0 Å². The van der Waals surface area contributed by atoms with E-state index < -0.39 is 0 Å². The number of rotatable bonds is 6. The fourth-order valence-corrected chi connectivity index (χ4v) is 2.82. The summed E-state index contributed by atoms with van der Waals surface area (Å²) in [7, 11) is 0. The van der Waals surface area contributed by atoms with Gasteiger partial charge in [-0.25, -0.2) is 0 Å². The third-order valence-corrected chi connectivity index (χ3v) is 4.60. The molecule has 1 aliphatic rings. The number of hydrogen-bond acceptors (Lipinski definition) is 5. The smallest absolute Gasteiger partial charge is 0.269 e. The molecule has 0 aromatic heterocycles. The number of aliphatic hydroxyl groups is 1. The van der Waals surface area contributed by atoms with E-state index in [1.807, 2.05) is 12.1 Å². The second-order valence-corrected chi connectivity index (χ2v) is 6.25. The minimum absolute atomic E-state index is 0.127. The Morgan fingerprint density at radius 2 is 1.95 bits per heavy atom. The molecule has 0 spiro atoms. The molecule has 22 heavy (non-hydrogen) atoms. The summed E-state index contributed by atoms with van der Waals surface area (Å²) in [6.07, 6.45) is 2.91. The number of nitrogens with one attached hydrogen (secondary N) is 1. The summed E-state index contributed by atoms with van der Waals surface area (Å²) in [5.74, 6) is 0. The first kappa shape index (κ1) is 16.7. The fourth-order valence-electron chi connectivity index (χ4n) is 2.82. The molecular weight excluding hydrogens is 282 g/mol. The minimum atomic E-state index is -0.375. The predicted octanol–water partition coefficient (Wildman–Crippen LogP) is 2.31. The average Bonchev–Trinajstić information content (AvgIpc) is 2.55. The van der Waals surface area contributed by atoms with Crippen LogP contribution in [0.25, 0.3) is 0 Å². The van der Waals surface area contributed by atoms with Crippen LogP contribution in [0.4, 0.5) is 11.4 Å². The van der Waals surface area contributed by atoms with Crippen LogP contribution in [0.1, 0.15) is 33.1 Å². The van der Waals surface area contributed by atoms with Crippen LogP contribution in [0, 0.1) is 10.1 Å². The molecular formula is C16H25N3O3. The molecule has 2 rings (SSSR count). The lowest BCUT2D eigenvalue weighted by molar-refractivity contribution is -0.384. The van der Waals surface area contributed by atoms with Crippen molar-refractivity contribution in [1.29, 1.82) is 0 Å². The summed E-state index contributed by atoms with van der Waals surface area (Å²) < 4.78 is 0. The van der Waals surface area contributed by atoms with Gasteiger partial charge in [0.25, 0.3) is 5.69 Å². The Kier molecular flexibility index (Phi) is 5.37. The lowest BCUT2D eigenvalue weighted by Gasteiger charge is -2.39. The average molecular weight is 307 g/mol. The lowest BCUT2D eigenvalue weighted by atomic mass is 9.95. The van der Waals surface area contributed by atoms with Gasteiger partial charge in [-0.3, -0.25) is 10.1 Å². The van der Waals surface area contributed by atoms with Crippen LogP contribution < -0.4 is 10.2 Å². The van der Waals surface area contributed by atoms with Gasteiger partial charge in [0.1, 0.15) is 0 Å². The van der Waals surface area contributed by atoms with Crippen molar-refractivity contribution in [3.8, 4) is 0 Å². The van der Waals surface area contributed by atoms with E-state index in [1.54, 1.807) is 12.1 Å². The molecule has 0 radical (unpaired) electrons. The molecule has 6 nitrogen and oxygen atoms in total. The molecule has 122 valence electrons. The van der Waals surface area contributed by atoms with E-state index in [0.29, 0.717) is 6.04 Å². The molecule has 1 aromatic rings. The predicted molar refractivity (Wildman–Crippen MR) is 87.2 cm³/mol. The van der Waals surface area contributed by atoms with Crippen molar-refractivity contribution in [2.45, 2.75) is 44.7 Å². The van der Waals surface area contributed by atoms with Crippen LogP contribution in [0.3, 0.4) is 0 Å². The van der Waals surface area contributed by atoms with Gasteiger partial charge < -0.3 is 15.3 Å². The van der Waals surface area contributed by atoms with Gasteiger partial charge in [-0.05, 0) is 38.3 Å². The minimum Gasteiger partial charge on any atom is -0.394 e. The zero-order valence-corrected chi connectivity index (χ0v) is 13.3. The molecule has 0 amide bonds. The Morgan fingerprint density at radius 1 is 1.36 bits per heavy atom. The Labute approximate surface area is 131 Å². The summed E-state index contributed by atoms with van der Waals surface area (Å²) >= 11 is 0. The molecule has 1 fully saturated rings. The topological polar surface area (TPSA) is 78.6 Å². The number of anilines is 1. The summed E-state index contributed by atoms with van der Waals surface area (Å²) in [4.78, 5) is 12.6. The van der Waals surface area contributed by atoms with Crippen LogP contribution in [0.5, 0.6) is 0 Å². The summed E-state index contributed by atoms with van der Waals surface area (Å²) in [6.45, 7) is 6.11. The van der Waals surface area contributed by atoms with Crippen LogP contribution in [-0.4, -0.2) is 41.3 Å². The van der Waals surface area contributed by atoms with E-state index >= 15 is 0 Å². The number of nitro groups is 1. The molecule has 0 saturated carbocycles. The maximum atomic E-state index is 10.7. The number of aliphatic hydroxyl groups excluding tert-OH is 1. The lowest BCUT2D eigenvalue weighted by Crippen LogP contribution is -2.53. The zero-order valence-electron chi connectivity index (χ0n) is 13.3. The third kappa shape index (κ3) is 3.96. The summed E-state index contributed by atoms with van der Waals surface area (Å²) in [5.41, 5.74) is 0.951. The van der Waals surface area contributed by atoms with Crippen molar-refractivity contribution in [3.63, 3.8) is 0 Å². The number of hydrogen-bond donors (Lipinski definition) is 2. The molecule has 1 aromatic carbocycles. The first-order valence-corrected chi connectivity index (χ1v) is 7.85. The Hall–Kier alpha value is -1.66. The SMILES string of the molecule is CCC(C)(CO)NC1CCN(c2ccc([N+](=O)[O-])cc2)CC1. The van der Waals surface area contributed by atoms with Gasteiger partial charge in [-0.2, -0.15) is 0 Å². The molecule has 0 aliphatic carbocycles. The Morgan fingerprint density at radius 3 is 2.41 bits per heavy atom. The van der Waals surface area contributed by atoms with Crippen molar-refractivity contribution >= 4 is 11.4 Å². The highest BCUT2D eigenvalue weighted by Gasteiger charge is 2.27. The normalized spacial score (nSPS) is 19.0. The van der Waals surface area contributed by atoms with Gasteiger partial charge in [-0.15, -0.1) is 0 Å². The number of benzene rings is 1. The maximum absolute atomic E-state index is 10.7. The summed E-state index contributed by atoms with van der Waals surface area (Å²) in [6, 6.07) is 7.15. The van der Waals surface area contributed by atoms with E-state index in [4.69, 9.17) is 0 Å². The van der Waals surface area contributed by atoms with Crippen LogP contribution in [-0.2, 0) is 0 Å². The highest BCUT2D eigenvalue weighted by atomic mass is 16.6. The van der Waals surface area contributed by atoms with E-state index in [0.717, 1.165) is 38.0 Å². The number of piperidine rings is 1. The molecule has 2 N–H and O–H groups in total. The highest BCUT2D eigenvalue weighted by molar-refractivity contribution is 5.51. The van der Waals surface area contributed by atoms with Crippen molar-refractivity contribution in [2.24, 2.45) is 0 Å². The molecule has 1 unspecified atom stereocenters. The Bertz CT molecular complexity index is 492. The van der Waals surface area contributed by atoms with Gasteiger partial charge in [0.05, 0.1) is 11.5 Å². The van der Waals surface area contributed by atoms with Crippen LogP contribution >= 0.6 is 0 Å². The van der Waals surface area contributed by atoms with E-state index in [2.05, 4.69) is 24.1 Å². The first-order chi connectivity index (χ1) is 10.5. The molecule has 6 heteroatoms. The Balaban J connectivity index is 1.90. The number of nitrogens with zero attached hydrogens (tertiary/aromatic N) is 2. The third-order valence-electron chi connectivity index (χ3n) is 4.60. The fraction of sp³-hybridized carbons (Fsp3) is 0.625. The number of non-ortho nitro benzene ring substituents is 1. The van der Waals surface area contributed by atoms with E-state index in [-0.39, 0.29) is 22.8 Å². The van der Waals surface area contributed by atoms with Gasteiger partial charge in [0.2, 0.25) is 0 Å². The van der Waals surface area contributed by atoms with Crippen molar-refractivity contribution in [3.05, 3.63) is 34.4 Å². The highest BCUT2D eigenvalue weighted by Crippen LogP contribution is 2.24.